The predicted octanol–water partition coefficient (Wildman–Crippen LogP) is 0.441. The first-order valence-corrected chi connectivity index (χ1v) is 5.02. The molecule has 0 aliphatic carbocycles. The van der Waals surface area contributed by atoms with E-state index in [9.17, 15) is 4.79 Å². The molecular weight excluding hydrogens is 228 g/mol. The number of nitrogens with two attached hydrogens (primary N) is 1. The number of aryl methyl sites for hydroxylation is 1. The second-order valence-electron chi connectivity index (χ2n) is 3.93. The minimum Gasteiger partial charge on any atom is -0.349 e. The van der Waals surface area contributed by atoms with Crippen molar-refractivity contribution in [2.45, 2.75) is 26.4 Å². The van der Waals surface area contributed by atoms with E-state index in [0.717, 1.165) is 5.69 Å². The Bertz CT molecular complexity index is 337. The molecule has 0 aromatic carbocycles. The fourth-order valence-electron chi connectivity index (χ4n) is 1.17. The van der Waals surface area contributed by atoms with Gasteiger partial charge in [-0.05, 0) is 12.0 Å². The summed E-state index contributed by atoms with van der Waals surface area (Å²) in [6.07, 6.45) is 1.70. The molecule has 92 valence electrons. The van der Waals surface area contributed by atoms with Gasteiger partial charge in [-0.3, -0.25) is 9.48 Å². The number of rotatable bonds is 4. The van der Waals surface area contributed by atoms with Crippen LogP contribution in [0.5, 0.6) is 0 Å². The molecular formula is C10H19ClN4O. The Morgan fingerprint density at radius 2 is 2.25 bits per heavy atom. The van der Waals surface area contributed by atoms with E-state index in [-0.39, 0.29) is 24.2 Å². The van der Waals surface area contributed by atoms with E-state index in [0.29, 0.717) is 6.54 Å². The Balaban J connectivity index is 0.00000225. The molecule has 0 saturated heterocycles. The van der Waals surface area contributed by atoms with Gasteiger partial charge in [0.2, 0.25) is 5.91 Å². The van der Waals surface area contributed by atoms with Crippen molar-refractivity contribution in [1.29, 1.82) is 0 Å². The van der Waals surface area contributed by atoms with Gasteiger partial charge in [0.1, 0.15) is 0 Å². The van der Waals surface area contributed by atoms with E-state index in [1.165, 1.54) is 0 Å². The lowest BCUT2D eigenvalue weighted by atomic mass is 10.1. The molecule has 1 amide bonds. The number of nitrogens with zero attached hydrogens (tertiary/aromatic N) is 2. The smallest absolute Gasteiger partial charge is 0.237 e. The summed E-state index contributed by atoms with van der Waals surface area (Å²) in [7, 11) is 1.84. The maximum absolute atomic E-state index is 11.5. The van der Waals surface area contributed by atoms with Crippen molar-refractivity contribution in [3.8, 4) is 0 Å². The van der Waals surface area contributed by atoms with Crippen molar-refractivity contribution < 1.29 is 4.79 Å². The zero-order valence-electron chi connectivity index (χ0n) is 9.80. The number of halogens is 1. The standard InChI is InChI=1S/C10H18N4O.ClH/c1-7(2)9(11)10(15)12-6-8-4-5-13-14(8)3;/h4-5,7,9H,6,11H2,1-3H3,(H,12,15);1H/t9-;/m0./s1. The zero-order chi connectivity index (χ0) is 11.4. The number of carbonyl (C=O) groups excluding carboxylic acids is 1. The number of carbonyl (C=O) groups is 1. The largest absolute Gasteiger partial charge is 0.349 e. The molecule has 1 aromatic rings. The van der Waals surface area contributed by atoms with Gasteiger partial charge < -0.3 is 11.1 Å². The van der Waals surface area contributed by atoms with Crippen molar-refractivity contribution in [2.75, 3.05) is 0 Å². The van der Waals surface area contributed by atoms with E-state index >= 15 is 0 Å². The quantitative estimate of drug-likeness (QED) is 0.810. The molecule has 1 aromatic heterocycles. The molecule has 5 nitrogen and oxygen atoms in total. The molecule has 1 rings (SSSR count). The Morgan fingerprint density at radius 1 is 1.62 bits per heavy atom. The molecule has 6 heteroatoms. The van der Waals surface area contributed by atoms with Crippen LogP contribution in [0.3, 0.4) is 0 Å². The monoisotopic (exact) mass is 246 g/mol. The third-order valence-corrected chi connectivity index (χ3v) is 2.39. The summed E-state index contributed by atoms with van der Waals surface area (Å²) >= 11 is 0. The van der Waals surface area contributed by atoms with E-state index in [2.05, 4.69) is 10.4 Å². The van der Waals surface area contributed by atoms with Crippen molar-refractivity contribution in [1.82, 2.24) is 15.1 Å². The first kappa shape index (κ1) is 14.9. The summed E-state index contributed by atoms with van der Waals surface area (Å²) < 4.78 is 1.72. The maximum atomic E-state index is 11.5. The summed E-state index contributed by atoms with van der Waals surface area (Å²) in [6.45, 7) is 4.32. The Kier molecular flexibility index (Phi) is 6.06. The van der Waals surface area contributed by atoms with Crippen LogP contribution in [0, 0.1) is 5.92 Å². The Hall–Kier alpha value is -1.07. The molecule has 0 spiro atoms. The highest BCUT2D eigenvalue weighted by atomic mass is 35.5. The fourth-order valence-corrected chi connectivity index (χ4v) is 1.17. The minimum atomic E-state index is -0.446. The normalized spacial score (nSPS) is 12.1. The molecule has 0 aliphatic heterocycles. The molecule has 0 unspecified atom stereocenters. The summed E-state index contributed by atoms with van der Waals surface area (Å²) in [5, 5.41) is 6.79. The van der Waals surface area contributed by atoms with E-state index in [1.54, 1.807) is 10.9 Å². The molecule has 3 N–H and O–H groups in total. The summed E-state index contributed by atoms with van der Waals surface area (Å²) in [5.41, 5.74) is 6.66. The highest BCUT2D eigenvalue weighted by molar-refractivity contribution is 5.85. The second kappa shape index (κ2) is 6.50. The van der Waals surface area contributed by atoms with Crippen LogP contribution in [0.25, 0.3) is 0 Å². The molecule has 0 aliphatic rings. The Morgan fingerprint density at radius 3 is 2.69 bits per heavy atom. The molecule has 1 heterocycles. The van der Waals surface area contributed by atoms with Gasteiger partial charge in [-0.2, -0.15) is 5.10 Å². The van der Waals surface area contributed by atoms with Crippen LogP contribution < -0.4 is 11.1 Å². The number of hydrogen-bond acceptors (Lipinski definition) is 3. The van der Waals surface area contributed by atoms with Crippen LogP contribution in [-0.2, 0) is 18.4 Å². The minimum absolute atomic E-state index is 0. The van der Waals surface area contributed by atoms with Gasteiger partial charge in [0, 0.05) is 13.2 Å². The zero-order valence-corrected chi connectivity index (χ0v) is 10.6. The number of hydrogen-bond donors (Lipinski definition) is 2. The summed E-state index contributed by atoms with van der Waals surface area (Å²) in [4.78, 5) is 11.5. The molecule has 0 bridgehead atoms. The lowest BCUT2D eigenvalue weighted by Gasteiger charge is -2.15. The van der Waals surface area contributed by atoms with Crippen molar-refractivity contribution in [3.05, 3.63) is 18.0 Å². The van der Waals surface area contributed by atoms with E-state index < -0.39 is 6.04 Å². The SMILES string of the molecule is CC(C)[C@H](N)C(=O)NCc1ccnn1C.Cl. The van der Waals surface area contributed by atoms with Gasteiger partial charge in [-0.15, -0.1) is 12.4 Å². The van der Waals surface area contributed by atoms with Crippen molar-refractivity contribution in [2.24, 2.45) is 18.7 Å². The average Bonchev–Trinajstić information content (AvgIpc) is 2.59. The average molecular weight is 247 g/mol. The van der Waals surface area contributed by atoms with Gasteiger partial charge in [0.25, 0.3) is 0 Å². The highest BCUT2D eigenvalue weighted by Crippen LogP contribution is 1.99. The third kappa shape index (κ3) is 3.83. The summed E-state index contributed by atoms with van der Waals surface area (Å²) in [6, 6.07) is 1.42. The van der Waals surface area contributed by atoms with E-state index in [1.807, 2.05) is 27.0 Å². The predicted molar refractivity (Wildman–Crippen MR) is 65.1 cm³/mol. The molecule has 16 heavy (non-hydrogen) atoms. The number of amides is 1. The Labute approximate surface area is 102 Å². The van der Waals surface area contributed by atoms with Crippen LogP contribution in [0.15, 0.2) is 12.3 Å². The molecule has 0 fully saturated rings. The lowest BCUT2D eigenvalue weighted by molar-refractivity contribution is -0.123. The van der Waals surface area contributed by atoms with Crippen LogP contribution >= 0.6 is 12.4 Å². The van der Waals surface area contributed by atoms with Crippen molar-refractivity contribution in [3.63, 3.8) is 0 Å². The highest BCUT2D eigenvalue weighted by Gasteiger charge is 2.16. The van der Waals surface area contributed by atoms with Gasteiger partial charge in [0.05, 0.1) is 18.3 Å². The number of nitrogens with one attached hydrogen (secondary N) is 1. The third-order valence-electron chi connectivity index (χ3n) is 2.39. The first-order valence-electron chi connectivity index (χ1n) is 5.02. The lowest BCUT2D eigenvalue weighted by Crippen LogP contribution is -2.43. The van der Waals surface area contributed by atoms with Gasteiger partial charge in [-0.25, -0.2) is 0 Å². The molecule has 1 atom stereocenters. The fraction of sp³-hybridized carbons (Fsp3) is 0.600. The van der Waals surface area contributed by atoms with Crippen LogP contribution in [-0.4, -0.2) is 21.7 Å². The first-order chi connectivity index (χ1) is 7.02. The maximum Gasteiger partial charge on any atom is 0.237 e. The van der Waals surface area contributed by atoms with Gasteiger partial charge >= 0.3 is 0 Å². The van der Waals surface area contributed by atoms with Crippen LogP contribution in [0.1, 0.15) is 19.5 Å². The van der Waals surface area contributed by atoms with Crippen LogP contribution in [0.4, 0.5) is 0 Å². The van der Waals surface area contributed by atoms with Gasteiger partial charge in [0.15, 0.2) is 0 Å². The van der Waals surface area contributed by atoms with Gasteiger partial charge in [-0.1, -0.05) is 13.8 Å². The molecule has 0 saturated carbocycles. The number of aromatic nitrogens is 2. The van der Waals surface area contributed by atoms with Crippen molar-refractivity contribution >= 4 is 18.3 Å². The summed E-state index contributed by atoms with van der Waals surface area (Å²) in [5.74, 6) is 0.0303. The van der Waals surface area contributed by atoms with E-state index in [4.69, 9.17) is 5.73 Å². The topological polar surface area (TPSA) is 72.9 Å². The molecule has 0 radical (unpaired) electrons. The van der Waals surface area contributed by atoms with Crippen LogP contribution in [0.2, 0.25) is 0 Å². The second-order valence-corrected chi connectivity index (χ2v) is 3.93.